The summed E-state index contributed by atoms with van der Waals surface area (Å²) in [7, 11) is 1.61. The van der Waals surface area contributed by atoms with E-state index in [0.29, 0.717) is 23.5 Å². The quantitative estimate of drug-likeness (QED) is 0.452. The van der Waals surface area contributed by atoms with Crippen LogP contribution in [0.15, 0.2) is 79.0 Å². The maximum absolute atomic E-state index is 13.4. The van der Waals surface area contributed by atoms with Gasteiger partial charge in [-0.05, 0) is 85.1 Å². The molecule has 0 saturated carbocycles. The van der Waals surface area contributed by atoms with E-state index >= 15 is 0 Å². The molecule has 1 N–H and O–H groups in total. The third kappa shape index (κ3) is 4.50. The highest BCUT2D eigenvalue weighted by molar-refractivity contribution is 6.08. The first-order valence-electron chi connectivity index (χ1n) is 11.2. The van der Waals surface area contributed by atoms with E-state index < -0.39 is 5.82 Å². The predicted molar refractivity (Wildman–Crippen MR) is 131 cm³/mol. The van der Waals surface area contributed by atoms with Gasteiger partial charge in [-0.1, -0.05) is 6.07 Å². The number of methoxy groups -OCH3 is 1. The molecule has 2 heterocycles. The maximum Gasteiger partial charge on any atom is 0.278 e. The Hall–Kier alpha value is -4.46. The first kappa shape index (κ1) is 22.3. The number of nitrogens with one attached hydrogen (secondary N) is 1. The standard InChI is InChI=1S/C27H23FN4O3/c1-35-21-13-11-20(12-14-21)32-17-15-24(30-32)27(34)31-16-3-4-22-23(5-2-6-25(22)31)29-26(33)18-7-9-19(28)10-8-18/h2,5-15,17H,3-4,16H2,1H3,(H,29,33). The minimum Gasteiger partial charge on any atom is -0.497 e. The number of fused-ring (bicyclic) bond motifs is 1. The van der Waals surface area contributed by atoms with Crippen molar-refractivity contribution in [2.45, 2.75) is 12.8 Å². The van der Waals surface area contributed by atoms with Gasteiger partial charge in [-0.3, -0.25) is 9.59 Å². The molecular formula is C27H23FN4O3. The van der Waals surface area contributed by atoms with E-state index in [1.165, 1.54) is 24.3 Å². The molecule has 3 aromatic carbocycles. The molecule has 1 aliphatic heterocycles. The fraction of sp³-hybridized carbons (Fsp3) is 0.148. The van der Waals surface area contributed by atoms with Gasteiger partial charge in [-0.2, -0.15) is 5.10 Å². The van der Waals surface area contributed by atoms with Crippen molar-refractivity contribution in [2.75, 3.05) is 23.9 Å². The second-order valence-corrected chi connectivity index (χ2v) is 8.17. The summed E-state index contributed by atoms with van der Waals surface area (Å²) in [6.07, 6.45) is 3.22. The van der Waals surface area contributed by atoms with Gasteiger partial charge in [-0.25, -0.2) is 9.07 Å². The first-order valence-corrected chi connectivity index (χ1v) is 11.2. The lowest BCUT2D eigenvalue weighted by molar-refractivity contribution is 0.0979. The van der Waals surface area contributed by atoms with Crippen LogP contribution in [0.25, 0.3) is 5.69 Å². The Labute approximate surface area is 201 Å². The summed E-state index contributed by atoms with van der Waals surface area (Å²) in [6.45, 7) is 0.552. The van der Waals surface area contributed by atoms with Crippen LogP contribution in [-0.4, -0.2) is 35.2 Å². The van der Waals surface area contributed by atoms with Crippen LogP contribution in [0, 0.1) is 5.82 Å². The van der Waals surface area contributed by atoms with Crippen molar-refractivity contribution in [1.29, 1.82) is 0 Å². The zero-order valence-corrected chi connectivity index (χ0v) is 19.1. The molecule has 4 aromatic rings. The van der Waals surface area contributed by atoms with Gasteiger partial charge in [-0.15, -0.1) is 0 Å². The van der Waals surface area contributed by atoms with Crippen LogP contribution in [0.3, 0.4) is 0 Å². The van der Waals surface area contributed by atoms with E-state index in [9.17, 15) is 14.0 Å². The Morgan fingerprint density at radius 1 is 1.00 bits per heavy atom. The number of carbonyl (C=O) groups is 2. The number of nitrogens with zero attached hydrogens (tertiary/aromatic N) is 3. The van der Waals surface area contributed by atoms with Crippen molar-refractivity contribution >= 4 is 23.2 Å². The molecule has 7 nitrogen and oxygen atoms in total. The number of amides is 2. The number of rotatable bonds is 5. The molecule has 8 heteroatoms. The summed E-state index contributed by atoms with van der Waals surface area (Å²) in [5.41, 5.74) is 3.77. The number of hydrogen-bond donors (Lipinski definition) is 1. The highest BCUT2D eigenvalue weighted by Gasteiger charge is 2.27. The minimum absolute atomic E-state index is 0.208. The molecule has 0 unspecified atom stereocenters. The third-order valence-electron chi connectivity index (χ3n) is 6.00. The fourth-order valence-corrected chi connectivity index (χ4v) is 4.20. The molecule has 0 saturated heterocycles. The summed E-state index contributed by atoms with van der Waals surface area (Å²) >= 11 is 0. The van der Waals surface area contributed by atoms with E-state index in [2.05, 4.69) is 10.4 Å². The Bertz CT molecular complexity index is 1380. The molecule has 0 spiro atoms. The minimum atomic E-state index is -0.401. The van der Waals surface area contributed by atoms with Gasteiger partial charge in [0, 0.05) is 29.7 Å². The van der Waals surface area contributed by atoms with Gasteiger partial charge in [0.25, 0.3) is 11.8 Å². The van der Waals surface area contributed by atoms with E-state index in [1.807, 2.05) is 36.4 Å². The average Bonchev–Trinajstić information content (AvgIpc) is 3.39. The van der Waals surface area contributed by atoms with Crippen molar-refractivity contribution in [3.8, 4) is 11.4 Å². The number of hydrogen-bond acceptors (Lipinski definition) is 4. The molecule has 35 heavy (non-hydrogen) atoms. The molecule has 0 atom stereocenters. The second kappa shape index (κ2) is 9.42. The number of anilines is 2. The molecule has 5 rings (SSSR count). The van der Waals surface area contributed by atoms with Crippen molar-refractivity contribution in [1.82, 2.24) is 9.78 Å². The van der Waals surface area contributed by atoms with E-state index in [4.69, 9.17) is 4.74 Å². The van der Waals surface area contributed by atoms with Gasteiger partial charge in [0.1, 0.15) is 11.6 Å². The van der Waals surface area contributed by atoms with Crippen LogP contribution in [-0.2, 0) is 6.42 Å². The van der Waals surface area contributed by atoms with Gasteiger partial charge in [0.15, 0.2) is 5.69 Å². The zero-order valence-electron chi connectivity index (χ0n) is 19.1. The van der Waals surface area contributed by atoms with Crippen LogP contribution < -0.4 is 15.0 Å². The van der Waals surface area contributed by atoms with Gasteiger partial charge in [0.2, 0.25) is 0 Å². The van der Waals surface area contributed by atoms with E-state index in [1.54, 1.807) is 35.0 Å². The lowest BCUT2D eigenvalue weighted by Crippen LogP contribution is -2.36. The number of halogens is 1. The summed E-state index contributed by atoms with van der Waals surface area (Å²) in [6, 6.07) is 20.0. The van der Waals surface area contributed by atoms with Gasteiger partial charge >= 0.3 is 0 Å². The number of ether oxygens (including phenoxy) is 1. The Balaban J connectivity index is 1.38. The number of aromatic nitrogens is 2. The molecule has 0 bridgehead atoms. The summed E-state index contributed by atoms with van der Waals surface area (Å²) < 4.78 is 20.1. The molecule has 176 valence electrons. The number of benzene rings is 3. The summed E-state index contributed by atoms with van der Waals surface area (Å²) in [4.78, 5) is 27.8. The topological polar surface area (TPSA) is 76.5 Å². The Kier molecular flexibility index (Phi) is 6.01. The summed E-state index contributed by atoms with van der Waals surface area (Å²) in [5, 5.41) is 7.40. The number of carbonyl (C=O) groups excluding carboxylic acids is 2. The normalized spacial score (nSPS) is 12.7. The highest BCUT2D eigenvalue weighted by Crippen LogP contribution is 2.34. The zero-order chi connectivity index (χ0) is 24.4. The molecule has 0 fully saturated rings. The molecular weight excluding hydrogens is 447 g/mol. The largest absolute Gasteiger partial charge is 0.497 e. The second-order valence-electron chi connectivity index (χ2n) is 8.17. The Morgan fingerprint density at radius 2 is 1.77 bits per heavy atom. The smallest absolute Gasteiger partial charge is 0.278 e. The molecule has 2 amide bonds. The van der Waals surface area contributed by atoms with Crippen molar-refractivity contribution in [2.24, 2.45) is 0 Å². The van der Waals surface area contributed by atoms with Crippen molar-refractivity contribution < 1.29 is 18.7 Å². The van der Waals surface area contributed by atoms with E-state index in [0.717, 1.165) is 35.5 Å². The van der Waals surface area contributed by atoms with Crippen LogP contribution in [0.1, 0.15) is 32.8 Å². The Morgan fingerprint density at radius 3 is 2.51 bits per heavy atom. The maximum atomic E-state index is 13.4. The van der Waals surface area contributed by atoms with Gasteiger partial charge in [0.05, 0.1) is 12.8 Å². The monoisotopic (exact) mass is 470 g/mol. The lowest BCUT2D eigenvalue weighted by Gasteiger charge is -2.30. The molecule has 1 aromatic heterocycles. The SMILES string of the molecule is COc1ccc(-n2ccc(C(=O)N3CCCc4c(NC(=O)c5ccc(F)cc5)cccc43)n2)cc1. The lowest BCUT2D eigenvalue weighted by atomic mass is 9.99. The highest BCUT2D eigenvalue weighted by atomic mass is 19.1. The average molecular weight is 471 g/mol. The van der Waals surface area contributed by atoms with Gasteiger partial charge < -0.3 is 15.0 Å². The predicted octanol–water partition coefficient (Wildman–Crippen LogP) is 4.87. The fourth-order valence-electron chi connectivity index (χ4n) is 4.20. The first-order chi connectivity index (χ1) is 17.0. The third-order valence-corrected chi connectivity index (χ3v) is 6.00. The van der Waals surface area contributed by atoms with Crippen molar-refractivity contribution in [3.63, 3.8) is 0 Å². The summed E-state index contributed by atoms with van der Waals surface area (Å²) in [5.74, 6) is -0.202. The van der Waals surface area contributed by atoms with Crippen LogP contribution >= 0.6 is 0 Å². The van der Waals surface area contributed by atoms with Crippen molar-refractivity contribution in [3.05, 3.63) is 102 Å². The van der Waals surface area contributed by atoms with Crippen LogP contribution in [0.2, 0.25) is 0 Å². The van der Waals surface area contributed by atoms with Crippen LogP contribution in [0.4, 0.5) is 15.8 Å². The molecule has 1 aliphatic rings. The van der Waals surface area contributed by atoms with E-state index in [-0.39, 0.29) is 11.8 Å². The van der Waals surface area contributed by atoms with Crippen LogP contribution in [0.5, 0.6) is 5.75 Å². The molecule has 0 aliphatic carbocycles. The molecule has 0 radical (unpaired) electrons.